The largest absolute Gasteiger partial charge is 0.350 e. The molecule has 2 heterocycles. The Bertz CT molecular complexity index is 681. The molecule has 8 heteroatoms. The zero-order chi connectivity index (χ0) is 15.5. The molecule has 1 unspecified atom stereocenters. The minimum Gasteiger partial charge on any atom is -0.350 e. The number of carbonyl (C=O) groups is 1. The number of nitrogens with zero attached hydrogens (tertiary/aromatic N) is 2. The molecule has 0 spiro atoms. The number of aryl methyl sites for hydroxylation is 1. The highest BCUT2D eigenvalue weighted by atomic mass is 32.2. The average molecular weight is 313 g/mol. The normalized spacial score (nSPS) is 20.3. The van der Waals surface area contributed by atoms with E-state index in [-0.39, 0.29) is 34.6 Å². The van der Waals surface area contributed by atoms with Crippen molar-refractivity contribution in [3.8, 4) is 0 Å². The molecule has 1 amide bonds. The van der Waals surface area contributed by atoms with Gasteiger partial charge in [0.1, 0.15) is 5.69 Å². The third-order valence-corrected chi connectivity index (χ3v) is 5.25. The maximum atomic E-state index is 12.0. The molecular formula is C13H19N3O4S. The quantitative estimate of drug-likeness (QED) is 0.813. The van der Waals surface area contributed by atoms with Gasteiger partial charge in [-0.05, 0) is 24.8 Å². The second-order valence-electron chi connectivity index (χ2n) is 5.26. The van der Waals surface area contributed by atoms with Crippen LogP contribution in [-0.4, -0.2) is 42.2 Å². The minimum atomic E-state index is -2.94. The highest BCUT2D eigenvalue weighted by Crippen LogP contribution is 2.17. The Morgan fingerprint density at radius 2 is 2.24 bits per heavy atom. The predicted octanol–water partition coefficient (Wildman–Crippen LogP) is -0.182. The first-order valence-corrected chi connectivity index (χ1v) is 8.80. The summed E-state index contributed by atoms with van der Waals surface area (Å²) in [6.07, 6.45) is 1.32. The van der Waals surface area contributed by atoms with Crippen LogP contribution in [0.2, 0.25) is 0 Å². The van der Waals surface area contributed by atoms with E-state index in [0.717, 1.165) is 6.42 Å². The summed E-state index contributed by atoms with van der Waals surface area (Å²) in [7, 11) is -2.94. The van der Waals surface area contributed by atoms with Gasteiger partial charge >= 0.3 is 0 Å². The van der Waals surface area contributed by atoms with Crippen molar-refractivity contribution >= 4 is 15.7 Å². The van der Waals surface area contributed by atoms with Gasteiger partial charge in [0, 0.05) is 19.2 Å². The average Bonchev–Trinajstić information content (AvgIpc) is 2.78. The highest BCUT2D eigenvalue weighted by Gasteiger charge is 2.28. The van der Waals surface area contributed by atoms with Crippen LogP contribution in [0.1, 0.15) is 30.3 Å². The van der Waals surface area contributed by atoms with Crippen molar-refractivity contribution in [2.75, 3.05) is 18.1 Å². The van der Waals surface area contributed by atoms with Gasteiger partial charge in [-0.15, -0.1) is 0 Å². The number of aromatic nitrogens is 2. The summed E-state index contributed by atoms with van der Waals surface area (Å²) in [6.45, 7) is 2.69. The van der Waals surface area contributed by atoms with E-state index in [1.54, 1.807) is 0 Å². The molecule has 116 valence electrons. The Morgan fingerprint density at radius 3 is 2.86 bits per heavy atom. The zero-order valence-electron chi connectivity index (χ0n) is 11.9. The second-order valence-corrected chi connectivity index (χ2v) is 7.49. The molecular weight excluding hydrogens is 294 g/mol. The lowest BCUT2D eigenvalue weighted by molar-refractivity contribution is 0.0940. The third-order valence-electron chi connectivity index (χ3n) is 3.41. The maximum absolute atomic E-state index is 12.0. The lowest BCUT2D eigenvalue weighted by Crippen LogP contribution is -2.32. The van der Waals surface area contributed by atoms with Crippen molar-refractivity contribution in [2.45, 2.75) is 26.3 Å². The summed E-state index contributed by atoms with van der Waals surface area (Å²) < 4.78 is 24.0. The number of amides is 1. The first kappa shape index (κ1) is 15.7. The number of hydrogen-bond donors (Lipinski definition) is 1. The molecule has 1 aliphatic rings. The Balaban J connectivity index is 1.97. The van der Waals surface area contributed by atoms with Crippen LogP contribution in [0.5, 0.6) is 0 Å². The monoisotopic (exact) mass is 313 g/mol. The van der Waals surface area contributed by atoms with Crippen LogP contribution in [0.3, 0.4) is 0 Å². The van der Waals surface area contributed by atoms with Gasteiger partial charge < -0.3 is 5.32 Å². The molecule has 1 aliphatic heterocycles. The van der Waals surface area contributed by atoms with Crippen LogP contribution >= 0.6 is 0 Å². The molecule has 1 fully saturated rings. The number of sulfone groups is 1. The van der Waals surface area contributed by atoms with E-state index in [9.17, 15) is 18.0 Å². The zero-order valence-corrected chi connectivity index (χ0v) is 12.7. The lowest BCUT2D eigenvalue weighted by Gasteiger charge is -2.10. The number of hydrogen-bond acceptors (Lipinski definition) is 5. The van der Waals surface area contributed by atoms with E-state index in [1.165, 1.54) is 16.8 Å². The summed E-state index contributed by atoms with van der Waals surface area (Å²) in [5, 5.41) is 6.70. The van der Waals surface area contributed by atoms with Gasteiger partial charge in [0.2, 0.25) is 0 Å². The molecule has 0 saturated carbocycles. The van der Waals surface area contributed by atoms with Crippen LogP contribution in [-0.2, 0) is 16.4 Å². The Labute approximate surface area is 123 Å². The molecule has 1 atom stereocenters. The van der Waals surface area contributed by atoms with Crippen LogP contribution in [0.15, 0.2) is 16.9 Å². The number of carbonyl (C=O) groups excluding carboxylic acids is 1. The molecule has 0 bridgehead atoms. The van der Waals surface area contributed by atoms with E-state index in [4.69, 9.17) is 0 Å². The molecule has 7 nitrogen and oxygen atoms in total. The van der Waals surface area contributed by atoms with Crippen molar-refractivity contribution in [1.29, 1.82) is 0 Å². The third kappa shape index (κ3) is 4.13. The van der Waals surface area contributed by atoms with Gasteiger partial charge in [-0.25, -0.2) is 13.1 Å². The molecule has 1 aromatic rings. The van der Waals surface area contributed by atoms with Crippen molar-refractivity contribution in [3.63, 3.8) is 0 Å². The molecule has 1 N–H and O–H groups in total. The molecule has 0 aromatic carbocycles. The Kier molecular flexibility index (Phi) is 4.76. The fraction of sp³-hybridized carbons (Fsp3) is 0.615. The number of nitrogens with one attached hydrogen (secondary N) is 1. The van der Waals surface area contributed by atoms with Crippen LogP contribution < -0.4 is 10.9 Å². The maximum Gasteiger partial charge on any atom is 0.271 e. The van der Waals surface area contributed by atoms with E-state index >= 15 is 0 Å². The minimum absolute atomic E-state index is 0.0412. The van der Waals surface area contributed by atoms with Crippen molar-refractivity contribution in [3.05, 3.63) is 28.2 Å². The van der Waals surface area contributed by atoms with E-state index in [1.807, 2.05) is 6.92 Å². The molecule has 0 aliphatic carbocycles. The summed E-state index contributed by atoms with van der Waals surface area (Å²) >= 11 is 0. The lowest BCUT2D eigenvalue weighted by atomic mass is 10.1. The Hall–Kier alpha value is -1.70. The van der Waals surface area contributed by atoms with Gasteiger partial charge in [0.05, 0.1) is 11.5 Å². The SMILES string of the molecule is CCCn1nc(C(=O)NCC2CCS(=O)(=O)C2)ccc1=O. The Morgan fingerprint density at radius 1 is 1.48 bits per heavy atom. The van der Waals surface area contributed by atoms with Gasteiger partial charge in [0.25, 0.3) is 11.5 Å². The predicted molar refractivity (Wildman–Crippen MR) is 77.9 cm³/mol. The van der Waals surface area contributed by atoms with E-state index in [2.05, 4.69) is 10.4 Å². The smallest absolute Gasteiger partial charge is 0.271 e. The van der Waals surface area contributed by atoms with Gasteiger partial charge in [-0.2, -0.15) is 5.10 Å². The van der Waals surface area contributed by atoms with Crippen molar-refractivity contribution in [1.82, 2.24) is 15.1 Å². The van der Waals surface area contributed by atoms with Crippen molar-refractivity contribution in [2.24, 2.45) is 5.92 Å². The molecule has 1 saturated heterocycles. The first-order chi connectivity index (χ1) is 9.91. The molecule has 2 rings (SSSR count). The highest BCUT2D eigenvalue weighted by molar-refractivity contribution is 7.91. The summed E-state index contributed by atoms with van der Waals surface area (Å²) in [5.41, 5.74) is -0.0702. The first-order valence-electron chi connectivity index (χ1n) is 6.98. The summed E-state index contributed by atoms with van der Waals surface area (Å²) in [4.78, 5) is 23.5. The van der Waals surface area contributed by atoms with Gasteiger partial charge in [-0.1, -0.05) is 6.92 Å². The van der Waals surface area contributed by atoms with E-state index < -0.39 is 9.84 Å². The van der Waals surface area contributed by atoms with E-state index in [0.29, 0.717) is 19.5 Å². The molecule has 0 radical (unpaired) electrons. The van der Waals surface area contributed by atoms with Gasteiger partial charge in [-0.3, -0.25) is 9.59 Å². The fourth-order valence-corrected chi connectivity index (χ4v) is 4.16. The number of rotatable bonds is 5. The summed E-state index contributed by atoms with van der Waals surface area (Å²) in [6, 6.07) is 2.70. The fourth-order valence-electron chi connectivity index (χ4n) is 2.30. The molecule has 1 aromatic heterocycles. The standard InChI is InChI=1S/C13H19N3O4S/c1-2-6-16-12(17)4-3-11(15-16)13(18)14-8-10-5-7-21(19,20)9-10/h3-4,10H,2,5-9H2,1H3,(H,14,18). The summed E-state index contributed by atoms with van der Waals surface area (Å²) in [5.74, 6) is -0.118. The van der Waals surface area contributed by atoms with Crippen molar-refractivity contribution < 1.29 is 13.2 Å². The van der Waals surface area contributed by atoms with Crippen LogP contribution in [0, 0.1) is 5.92 Å². The molecule has 21 heavy (non-hydrogen) atoms. The van der Waals surface area contributed by atoms with Gasteiger partial charge in [0.15, 0.2) is 9.84 Å². The van der Waals surface area contributed by atoms with Crippen LogP contribution in [0.4, 0.5) is 0 Å². The second kappa shape index (κ2) is 6.38. The topological polar surface area (TPSA) is 98.1 Å². The van der Waals surface area contributed by atoms with Crippen LogP contribution in [0.25, 0.3) is 0 Å².